The van der Waals surface area contributed by atoms with Gasteiger partial charge in [0.15, 0.2) is 0 Å². The maximum absolute atomic E-state index is 13.5. The van der Waals surface area contributed by atoms with Gasteiger partial charge in [-0.25, -0.2) is 14.0 Å². The van der Waals surface area contributed by atoms with Crippen molar-refractivity contribution >= 4 is 57.9 Å². The van der Waals surface area contributed by atoms with E-state index in [1.807, 2.05) is 0 Å². The minimum atomic E-state index is -1.01. The van der Waals surface area contributed by atoms with Crippen molar-refractivity contribution in [1.29, 1.82) is 0 Å². The molecule has 0 aliphatic rings. The number of nitrogens with one attached hydrogen (secondary N) is 6. The number of carbonyl (C=O) groups excluding carboxylic acids is 7. The average Bonchev–Trinajstić information content (AvgIpc) is 3.41. The van der Waals surface area contributed by atoms with Gasteiger partial charge in [-0.2, -0.15) is 0 Å². The van der Waals surface area contributed by atoms with Crippen molar-refractivity contribution in [2.24, 2.45) is 11.8 Å². The molecule has 3 atom stereocenters. The number of halogens is 1. The fourth-order valence-corrected chi connectivity index (χ4v) is 6.30. The minimum Gasteiger partial charge on any atom is -0.465 e. The number of methoxy groups -OCH3 is 1. The summed E-state index contributed by atoms with van der Waals surface area (Å²) in [6, 6.07) is 3.54. The van der Waals surface area contributed by atoms with Crippen LogP contribution in [0.1, 0.15) is 98.9 Å². The van der Waals surface area contributed by atoms with Crippen LogP contribution in [0.5, 0.6) is 0 Å². The van der Waals surface area contributed by atoms with Gasteiger partial charge in [-0.05, 0) is 69.2 Å². The molecule has 0 radical (unpaired) electrons. The molecule has 0 saturated heterocycles. The molecule has 1 unspecified atom stereocenters. The molecule has 6 N–H and O–H groups in total. The molecule has 1 aromatic heterocycles. The number of esters is 1. The van der Waals surface area contributed by atoms with Gasteiger partial charge < -0.3 is 41.4 Å². The summed E-state index contributed by atoms with van der Waals surface area (Å²) < 4.78 is 23.5. The van der Waals surface area contributed by atoms with Crippen LogP contribution in [0.3, 0.4) is 0 Å². The molecular weight excluding hydrogens is 724 g/mol. The largest absolute Gasteiger partial charge is 0.465 e. The highest BCUT2D eigenvalue weighted by molar-refractivity contribution is 7.18. The van der Waals surface area contributed by atoms with Crippen LogP contribution < -0.4 is 31.9 Å². The van der Waals surface area contributed by atoms with Crippen molar-refractivity contribution < 1.29 is 47.4 Å². The standard InChI is InChI=1S/C37H53FN6O9S/c1-11-24(22-12-14-23(38)15-13-22)30(46)44-34-26(35(50)52-10)21(6)29(54-34)33(49)40-17-16-39-31(47)27(19(2)3)43-32(48)28(20(4)5)42-25(45)18-41-36(51)53-37(7,8)9/h12-15,19-20,24,27-28H,11,16-18H2,1-10H3,(H,39,47)(H,40,49)(H,41,51)(H,42,45)(H,43,48)(H,44,46)/t24?,27-,28-/m0/s1. The number of carbonyl (C=O) groups is 7. The van der Waals surface area contributed by atoms with Crippen molar-refractivity contribution in [3.05, 3.63) is 51.7 Å². The summed E-state index contributed by atoms with van der Waals surface area (Å²) in [5, 5.41) is 15.8. The molecule has 1 aromatic carbocycles. The van der Waals surface area contributed by atoms with Crippen LogP contribution in [-0.2, 0) is 28.7 Å². The van der Waals surface area contributed by atoms with Crippen LogP contribution in [0.15, 0.2) is 24.3 Å². The van der Waals surface area contributed by atoms with E-state index in [-0.39, 0.29) is 45.9 Å². The zero-order chi connectivity index (χ0) is 40.9. The molecule has 0 spiro atoms. The molecule has 6 amide bonds. The predicted molar refractivity (Wildman–Crippen MR) is 202 cm³/mol. The number of anilines is 1. The molecule has 0 aliphatic carbocycles. The Balaban J connectivity index is 2.04. The van der Waals surface area contributed by atoms with E-state index < -0.39 is 77.6 Å². The zero-order valence-electron chi connectivity index (χ0n) is 32.5. The van der Waals surface area contributed by atoms with Gasteiger partial charge in [-0.15, -0.1) is 11.3 Å². The van der Waals surface area contributed by atoms with Gasteiger partial charge in [-0.3, -0.25) is 24.0 Å². The summed E-state index contributed by atoms with van der Waals surface area (Å²) in [5.41, 5.74) is 0.137. The summed E-state index contributed by atoms with van der Waals surface area (Å²) in [4.78, 5) is 90.2. The highest BCUT2D eigenvalue weighted by Crippen LogP contribution is 2.35. The molecular formula is C37H53FN6O9S. The number of benzene rings is 1. The summed E-state index contributed by atoms with van der Waals surface area (Å²) >= 11 is 0.891. The number of thiophene rings is 1. The summed E-state index contributed by atoms with van der Waals surface area (Å²) in [5.74, 6) is -5.32. The van der Waals surface area contributed by atoms with Crippen molar-refractivity contribution in [3.63, 3.8) is 0 Å². The summed E-state index contributed by atoms with van der Waals surface area (Å²) in [7, 11) is 1.18. The minimum absolute atomic E-state index is 0.0158. The van der Waals surface area contributed by atoms with E-state index in [0.717, 1.165) is 11.3 Å². The maximum atomic E-state index is 13.5. The van der Waals surface area contributed by atoms with Crippen molar-refractivity contribution in [2.45, 2.75) is 92.3 Å². The number of rotatable bonds is 17. The molecule has 1 heterocycles. The van der Waals surface area contributed by atoms with E-state index in [0.29, 0.717) is 12.0 Å². The molecule has 0 aliphatic heterocycles. The van der Waals surface area contributed by atoms with E-state index >= 15 is 0 Å². The van der Waals surface area contributed by atoms with Gasteiger partial charge in [0.25, 0.3) is 5.91 Å². The average molecular weight is 777 g/mol. The maximum Gasteiger partial charge on any atom is 0.408 e. The first-order valence-corrected chi connectivity index (χ1v) is 18.4. The monoisotopic (exact) mass is 776 g/mol. The quantitative estimate of drug-likeness (QED) is 0.102. The Labute approximate surface area is 319 Å². The molecule has 0 fully saturated rings. The molecule has 2 aromatic rings. The first-order chi connectivity index (χ1) is 25.2. The van der Waals surface area contributed by atoms with Crippen LogP contribution in [0.25, 0.3) is 0 Å². The lowest BCUT2D eigenvalue weighted by Crippen LogP contribution is -2.58. The molecule has 2 rings (SSSR count). The van der Waals surface area contributed by atoms with E-state index in [2.05, 4.69) is 31.9 Å². The third-order valence-electron chi connectivity index (χ3n) is 7.99. The number of hydrogen-bond acceptors (Lipinski definition) is 10. The normalized spacial score (nSPS) is 12.9. The molecule has 0 bridgehead atoms. The van der Waals surface area contributed by atoms with Crippen molar-refractivity contribution in [3.8, 4) is 0 Å². The SMILES string of the molecule is CCC(C(=O)Nc1sc(C(=O)NCCNC(=O)[C@@H](NC(=O)[C@@H](NC(=O)CNC(=O)OC(C)(C)C)C(C)C)C(C)C)c(C)c1C(=O)OC)c1ccc(F)cc1. The fraction of sp³-hybridized carbons (Fsp3) is 0.541. The third kappa shape index (κ3) is 13.4. The van der Waals surface area contributed by atoms with E-state index in [9.17, 15) is 38.0 Å². The van der Waals surface area contributed by atoms with E-state index in [1.54, 1.807) is 62.3 Å². The summed E-state index contributed by atoms with van der Waals surface area (Å²) in [6.45, 7) is 14.8. The lowest BCUT2D eigenvalue weighted by molar-refractivity contribution is -0.133. The van der Waals surface area contributed by atoms with Gasteiger partial charge in [-0.1, -0.05) is 46.8 Å². The first-order valence-electron chi connectivity index (χ1n) is 17.6. The van der Waals surface area contributed by atoms with Crippen LogP contribution in [0, 0.1) is 24.6 Å². The second-order valence-electron chi connectivity index (χ2n) is 14.2. The topological polar surface area (TPSA) is 210 Å². The Hall–Kier alpha value is -5.06. The lowest BCUT2D eigenvalue weighted by atomic mass is 9.95. The van der Waals surface area contributed by atoms with Gasteiger partial charge in [0.1, 0.15) is 35.0 Å². The van der Waals surface area contributed by atoms with Gasteiger partial charge in [0.2, 0.25) is 23.6 Å². The van der Waals surface area contributed by atoms with Crippen LogP contribution in [-0.4, -0.2) is 86.0 Å². The molecule has 15 nitrogen and oxygen atoms in total. The smallest absolute Gasteiger partial charge is 0.408 e. The number of alkyl carbamates (subject to hydrolysis) is 1. The Morgan fingerprint density at radius 3 is 1.93 bits per heavy atom. The third-order valence-corrected chi connectivity index (χ3v) is 9.20. The Morgan fingerprint density at radius 1 is 0.815 bits per heavy atom. The number of amides is 6. The van der Waals surface area contributed by atoms with E-state index in [4.69, 9.17) is 9.47 Å². The molecule has 0 saturated carbocycles. The fourth-order valence-electron chi connectivity index (χ4n) is 5.19. The van der Waals surface area contributed by atoms with Crippen LogP contribution in [0.4, 0.5) is 14.2 Å². The van der Waals surface area contributed by atoms with Crippen molar-refractivity contribution in [2.75, 3.05) is 32.1 Å². The summed E-state index contributed by atoms with van der Waals surface area (Å²) in [6.07, 6.45) is -0.398. The molecule has 17 heteroatoms. The second kappa shape index (κ2) is 20.4. The van der Waals surface area contributed by atoms with Crippen LogP contribution in [0.2, 0.25) is 0 Å². The van der Waals surface area contributed by atoms with Crippen molar-refractivity contribution in [1.82, 2.24) is 26.6 Å². The molecule has 298 valence electrons. The Kier molecular flexibility index (Phi) is 17.0. The van der Waals surface area contributed by atoms with Gasteiger partial charge in [0, 0.05) is 13.1 Å². The predicted octanol–water partition coefficient (Wildman–Crippen LogP) is 3.77. The number of ether oxygens (including phenoxy) is 2. The lowest BCUT2D eigenvalue weighted by Gasteiger charge is -2.27. The molecule has 54 heavy (non-hydrogen) atoms. The van der Waals surface area contributed by atoms with Gasteiger partial charge >= 0.3 is 12.1 Å². The highest BCUT2D eigenvalue weighted by atomic mass is 32.1. The van der Waals surface area contributed by atoms with Gasteiger partial charge in [0.05, 0.1) is 23.5 Å². The Bertz CT molecular complexity index is 1670. The van der Waals surface area contributed by atoms with E-state index in [1.165, 1.54) is 31.4 Å². The Morgan fingerprint density at radius 2 is 1.39 bits per heavy atom. The first kappa shape index (κ1) is 45.1. The van der Waals surface area contributed by atoms with Crippen LogP contribution >= 0.6 is 11.3 Å². The second-order valence-corrected chi connectivity index (χ2v) is 15.2. The number of hydrogen-bond donors (Lipinski definition) is 6. The zero-order valence-corrected chi connectivity index (χ0v) is 33.3. The highest BCUT2D eigenvalue weighted by Gasteiger charge is 2.31.